The van der Waals surface area contributed by atoms with Crippen molar-refractivity contribution >= 4 is 39.1 Å². The smallest absolute Gasteiger partial charge is 0.272 e. The number of aromatic nitrogens is 4. The number of nitrogens with zero attached hydrogens (tertiary/aromatic N) is 4. The zero-order chi connectivity index (χ0) is 18.1. The minimum Gasteiger partial charge on any atom is -0.276 e. The van der Waals surface area contributed by atoms with Crippen LogP contribution >= 0.6 is 23.1 Å². The molecule has 3 aromatic heterocycles. The maximum absolute atomic E-state index is 12.8. The summed E-state index contributed by atoms with van der Waals surface area (Å²) in [4.78, 5) is 12.8. The molecule has 0 bridgehead atoms. The van der Waals surface area contributed by atoms with Crippen LogP contribution in [0.15, 0.2) is 45.7 Å². The third-order valence-electron chi connectivity index (χ3n) is 4.37. The lowest BCUT2D eigenvalue weighted by atomic mass is 10.2. The van der Waals surface area contributed by atoms with Crippen LogP contribution in [-0.4, -0.2) is 19.2 Å². The van der Waals surface area contributed by atoms with E-state index >= 15 is 0 Å². The number of benzene rings is 1. The molecule has 4 aromatic rings. The van der Waals surface area contributed by atoms with Crippen molar-refractivity contribution in [2.45, 2.75) is 44.1 Å². The summed E-state index contributed by atoms with van der Waals surface area (Å²) in [5, 5.41) is 11.5. The third kappa shape index (κ3) is 3.05. The summed E-state index contributed by atoms with van der Waals surface area (Å²) in [5.74, 6) is 1.46. The van der Waals surface area contributed by atoms with Gasteiger partial charge in [0.05, 0.1) is 5.52 Å². The predicted molar refractivity (Wildman–Crippen MR) is 108 cm³/mol. The van der Waals surface area contributed by atoms with Gasteiger partial charge in [-0.2, -0.15) is 0 Å². The Labute approximate surface area is 159 Å². The van der Waals surface area contributed by atoms with Crippen molar-refractivity contribution in [1.82, 2.24) is 19.2 Å². The van der Waals surface area contributed by atoms with Crippen LogP contribution in [0.4, 0.5) is 0 Å². The van der Waals surface area contributed by atoms with Gasteiger partial charge >= 0.3 is 0 Å². The normalized spacial score (nSPS) is 11.6. The molecule has 0 aliphatic carbocycles. The van der Waals surface area contributed by atoms with Gasteiger partial charge in [0.25, 0.3) is 5.56 Å². The molecule has 0 unspecified atom stereocenters. The molecule has 1 aromatic carbocycles. The number of hydrogen-bond donors (Lipinski definition) is 0. The lowest BCUT2D eigenvalue weighted by molar-refractivity contribution is 0.621. The molecule has 0 aliphatic heterocycles. The van der Waals surface area contributed by atoms with E-state index in [2.05, 4.69) is 48.3 Å². The van der Waals surface area contributed by atoms with Gasteiger partial charge in [-0.05, 0) is 30.4 Å². The first-order valence-corrected chi connectivity index (χ1v) is 10.6. The fraction of sp³-hybridized carbons (Fsp3) is 0.316. The molecule has 3 heterocycles. The number of aryl methyl sites for hydroxylation is 2. The van der Waals surface area contributed by atoms with Gasteiger partial charge in [-0.3, -0.25) is 13.8 Å². The second kappa shape index (κ2) is 7.25. The Bertz CT molecular complexity index is 1130. The van der Waals surface area contributed by atoms with E-state index in [9.17, 15) is 4.79 Å². The molecule has 7 heteroatoms. The second-order valence-electron chi connectivity index (χ2n) is 6.34. The first-order valence-electron chi connectivity index (χ1n) is 8.72. The number of hydrogen-bond acceptors (Lipinski definition) is 5. The SMILES string of the molecule is CCCCn1c(=O)c2sccc2n2c(SCc3cccc(C)c3)nnc12. The number of fused-ring (bicyclic) bond motifs is 3. The average Bonchev–Trinajstić information content (AvgIpc) is 3.27. The Hall–Kier alpha value is -2.12. The summed E-state index contributed by atoms with van der Waals surface area (Å²) < 4.78 is 4.57. The van der Waals surface area contributed by atoms with Crippen LogP contribution in [0.5, 0.6) is 0 Å². The fourth-order valence-electron chi connectivity index (χ4n) is 3.06. The lowest BCUT2D eigenvalue weighted by Crippen LogP contribution is -2.22. The Morgan fingerprint density at radius 2 is 2.12 bits per heavy atom. The van der Waals surface area contributed by atoms with Crippen LogP contribution in [-0.2, 0) is 12.3 Å². The molecule has 0 saturated heterocycles. The molecular weight excluding hydrogens is 364 g/mol. The molecule has 4 rings (SSSR count). The number of unbranched alkanes of at least 4 members (excludes halogenated alkanes) is 1. The van der Waals surface area contributed by atoms with Crippen molar-refractivity contribution in [3.05, 3.63) is 57.2 Å². The van der Waals surface area contributed by atoms with Crippen molar-refractivity contribution in [2.24, 2.45) is 0 Å². The number of thiophene rings is 1. The van der Waals surface area contributed by atoms with Gasteiger partial charge in [0, 0.05) is 12.3 Å². The maximum atomic E-state index is 12.8. The van der Waals surface area contributed by atoms with Gasteiger partial charge in [0.15, 0.2) is 5.16 Å². The van der Waals surface area contributed by atoms with Crippen molar-refractivity contribution in [2.75, 3.05) is 0 Å². The minimum atomic E-state index is 0.0404. The van der Waals surface area contributed by atoms with E-state index in [1.807, 2.05) is 15.8 Å². The van der Waals surface area contributed by atoms with Gasteiger partial charge in [0.2, 0.25) is 5.78 Å². The Morgan fingerprint density at radius 3 is 2.92 bits per heavy atom. The van der Waals surface area contributed by atoms with Crippen LogP contribution in [0.25, 0.3) is 16.0 Å². The van der Waals surface area contributed by atoms with E-state index in [1.165, 1.54) is 22.5 Å². The van der Waals surface area contributed by atoms with Crippen LogP contribution < -0.4 is 5.56 Å². The summed E-state index contributed by atoms with van der Waals surface area (Å²) in [6.07, 6.45) is 1.98. The van der Waals surface area contributed by atoms with Gasteiger partial charge in [-0.25, -0.2) is 0 Å². The van der Waals surface area contributed by atoms with Crippen molar-refractivity contribution < 1.29 is 0 Å². The van der Waals surface area contributed by atoms with Crippen LogP contribution in [0.1, 0.15) is 30.9 Å². The predicted octanol–water partition coefficient (Wildman–Crippen LogP) is 4.51. The monoisotopic (exact) mass is 384 g/mol. The lowest BCUT2D eigenvalue weighted by Gasteiger charge is -2.08. The van der Waals surface area contributed by atoms with Crippen molar-refractivity contribution in [3.63, 3.8) is 0 Å². The van der Waals surface area contributed by atoms with E-state index in [1.54, 1.807) is 16.3 Å². The standard InChI is InChI=1S/C19H20N4OS2/c1-3-4-9-22-17(24)16-15(8-10-25-16)23-18(22)20-21-19(23)26-12-14-7-5-6-13(2)11-14/h5-8,10-11H,3-4,9,12H2,1-2H3. The zero-order valence-electron chi connectivity index (χ0n) is 14.8. The minimum absolute atomic E-state index is 0.0404. The molecule has 0 atom stereocenters. The maximum Gasteiger partial charge on any atom is 0.272 e. The van der Waals surface area contributed by atoms with Gasteiger partial charge in [0.1, 0.15) is 4.70 Å². The van der Waals surface area contributed by atoms with Gasteiger partial charge < -0.3 is 0 Å². The molecule has 0 aliphatic rings. The second-order valence-corrected chi connectivity index (χ2v) is 8.20. The van der Waals surface area contributed by atoms with Crippen LogP contribution in [0, 0.1) is 6.92 Å². The van der Waals surface area contributed by atoms with E-state index in [0.29, 0.717) is 12.3 Å². The molecule has 0 spiro atoms. The Balaban J connectivity index is 1.79. The molecule has 0 radical (unpaired) electrons. The highest BCUT2D eigenvalue weighted by Gasteiger charge is 2.17. The molecule has 26 heavy (non-hydrogen) atoms. The molecular formula is C19H20N4OS2. The van der Waals surface area contributed by atoms with Crippen molar-refractivity contribution in [3.8, 4) is 0 Å². The average molecular weight is 385 g/mol. The largest absolute Gasteiger partial charge is 0.276 e. The molecule has 0 saturated carbocycles. The summed E-state index contributed by atoms with van der Waals surface area (Å²) >= 11 is 3.14. The summed E-state index contributed by atoms with van der Waals surface area (Å²) in [7, 11) is 0. The van der Waals surface area contributed by atoms with Gasteiger partial charge in [-0.15, -0.1) is 21.5 Å². The first-order chi connectivity index (χ1) is 12.7. The summed E-state index contributed by atoms with van der Waals surface area (Å²) in [6.45, 7) is 4.90. The number of thioether (sulfide) groups is 1. The van der Waals surface area contributed by atoms with Crippen molar-refractivity contribution in [1.29, 1.82) is 0 Å². The molecule has 0 N–H and O–H groups in total. The van der Waals surface area contributed by atoms with E-state index in [0.717, 1.165) is 34.0 Å². The molecule has 134 valence electrons. The summed E-state index contributed by atoms with van der Waals surface area (Å²) in [6, 6.07) is 10.5. The van der Waals surface area contributed by atoms with Crippen LogP contribution in [0.3, 0.4) is 0 Å². The van der Waals surface area contributed by atoms with Gasteiger partial charge in [-0.1, -0.05) is 54.9 Å². The third-order valence-corrected chi connectivity index (χ3v) is 6.26. The first kappa shape index (κ1) is 17.3. The molecule has 0 amide bonds. The zero-order valence-corrected chi connectivity index (χ0v) is 16.4. The highest BCUT2D eigenvalue weighted by atomic mass is 32.2. The van der Waals surface area contributed by atoms with E-state index < -0.39 is 0 Å². The highest BCUT2D eigenvalue weighted by Crippen LogP contribution is 2.26. The topological polar surface area (TPSA) is 52.2 Å². The van der Waals surface area contributed by atoms with E-state index in [-0.39, 0.29) is 5.56 Å². The number of rotatable bonds is 6. The summed E-state index contributed by atoms with van der Waals surface area (Å²) in [5.41, 5.74) is 3.45. The fourth-order valence-corrected chi connectivity index (χ4v) is 4.77. The Kier molecular flexibility index (Phi) is 4.82. The van der Waals surface area contributed by atoms with E-state index in [4.69, 9.17) is 0 Å². The van der Waals surface area contributed by atoms with Crippen LogP contribution in [0.2, 0.25) is 0 Å². The quantitative estimate of drug-likeness (QED) is 0.459. The molecule has 5 nitrogen and oxygen atoms in total. The molecule has 0 fully saturated rings. The Morgan fingerprint density at radius 1 is 1.23 bits per heavy atom. The highest BCUT2D eigenvalue weighted by molar-refractivity contribution is 7.98.